The van der Waals surface area contributed by atoms with Crippen LogP contribution in [0.25, 0.3) is 0 Å². The van der Waals surface area contributed by atoms with E-state index in [1.165, 1.54) is 5.57 Å². The van der Waals surface area contributed by atoms with Gasteiger partial charge in [0.2, 0.25) is 0 Å². The maximum atomic E-state index is 13.8. The number of alkyl halides is 1. The second kappa shape index (κ2) is 5.11. The standard InChI is InChI=1S/C13H23FO/c1-5-12(14)11(3)13(9-15-4)7-6-10(2)8-13/h8,11-12H,5-7,9H2,1-4H3/t11-,12+,13-/m1/s1. The van der Waals surface area contributed by atoms with Gasteiger partial charge in [0.1, 0.15) is 6.17 Å². The summed E-state index contributed by atoms with van der Waals surface area (Å²) >= 11 is 0. The zero-order chi connectivity index (χ0) is 11.5. The molecule has 0 bridgehead atoms. The van der Waals surface area contributed by atoms with E-state index in [2.05, 4.69) is 13.0 Å². The number of hydrogen-bond donors (Lipinski definition) is 0. The van der Waals surface area contributed by atoms with Crippen molar-refractivity contribution in [1.29, 1.82) is 0 Å². The van der Waals surface area contributed by atoms with Crippen LogP contribution in [0, 0.1) is 11.3 Å². The fourth-order valence-electron chi connectivity index (χ4n) is 2.65. The van der Waals surface area contributed by atoms with Crippen molar-refractivity contribution in [1.82, 2.24) is 0 Å². The van der Waals surface area contributed by atoms with Gasteiger partial charge >= 0.3 is 0 Å². The number of hydrogen-bond acceptors (Lipinski definition) is 1. The Kier molecular flexibility index (Phi) is 4.32. The smallest absolute Gasteiger partial charge is 0.103 e. The van der Waals surface area contributed by atoms with Crippen LogP contribution in [0.1, 0.15) is 40.0 Å². The van der Waals surface area contributed by atoms with E-state index in [1.807, 2.05) is 13.8 Å². The Labute approximate surface area is 92.7 Å². The number of halogens is 1. The van der Waals surface area contributed by atoms with Crippen molar-refractivity contribution < 1.29 is 9.13 Å². The van der Waals surface area contributed by atoms with Crippen LogP contribution in [0.2, 0.25) is 0 Å². The predicted octanol–water partition coefficient (Wildman–Crippen LogP) is 3.74. The minimum Gasteiger partial charge on any atom is -0.384 e. The molecule has 0 aromatic rings. The molecule has 0 aliphatic heterocycles. The summed E-state index contributed by atoms with van der Waals surface area (Å²) in [5, 5.41) is 0. The molecule has 0 radical (unpaired) electrons. The lowest BCUT2D eigenvalue weighted by atomic mass is 9.73. The Bertz CT molecular complexity index is 237. The molecule has 0 saturated heterocycles. The molecule has 88 valence electrons. The molecular formula is C13H23FO. The lowest BCUT2D eigenvalue weighted by Crippen LogP contribution is -2.35. The lowest BCUT2D eigenvalue weighted by molar-refractivity contribution is 0.0363. The fraction of sp³-hybridized carbons (Fsp3) is 0.846. The SMILES string of the molecule is CC[C@H](F)[C@@H](C)[C@@]1(COC)C=C(C)CC1. The van der Waals surface area contributed by atoms with Gasteiger partial charge in [-0.15, -0.1) is 0 Å². The van der Waals surface area contributed by atoms with Crippen molar-refractivity contribution in [3.63, 3.8) is 0 Å². The first kappa shape index (κ1) is 12.7. The highest BCUT2D eigenvalue weighted by atomic mass is 19.1. The number of methoxy groups -OCH3 is 1. The zero-order valence-corrected chi connectivity index (χ0v) is 10.3. The molecule has 0 unspecified atom stereocenters. The van der Waals surface area contributed by atoms with Crippen LogP contribution in [0.15, 0.2) is 11.6 Å². The van der Waals surface area contributed by atoms with E-state index in [1.54, 1.807) is 7.11 Å². The molecule has 1 nitrogen and oxygen atoms in total. The van der Waals surface area contributed by atoms with E-state index in [0.29, 0.717) is 13.0 Å². The molecular weight excluding hydrogens is 191 g/mol. The Morgan fingerprint density at radius 3 is 2.67 bits per heavy atom. The number of allylic oxidation sites excluding steroid dienone is 1. The van der Waals surface area contributed by atoms with Crippen molar-refractivity contribution in [2.24, 2.45) is 11.3 Å². The first-order chi connectivity index (χ1) is 7.05. The zero-order valence-electron chi connectivity index (χ0n) is 10.3. The molecule has 3 atom stereocenters. The van der Waals surface area contributed by atoms with Crippen molar-refractivity contribution in [2.75, 3.05) is 13.7 Å². The topological polar surface area (TPSA) is 9.23 Å². The van der Waals surface area contributed by atoms with E-state index in [0.717, 1.165) is 12.8 Å². The summed E-state index contributed by atoms with van der Waals surface area (Å²) in [6.45, 7) is 6.70. The van der Waals surface area contributed by atoms with Crippen molar-refractivity contribution in [3.05, 3.63) is 11.6 Å². The van der Waals surface area contributed by atoms with Gasteiger partial charge < -0.3 is 4.74 Å². The molecule has 0 fully saturated rings. The maximum absolute atomic E-state index is 13.8. The van der Waals surface area contributed by atoms with Crippen LogP contribution >= 0.6 is 0 Å². The average Bonchev–Trinajstić information content (AvgIpc) is 2.59. The highest BCUT2D eigenvalue weighted by Crippen LogP contribution is 2.44. The van der Waals surface area contributed by atoms with Gasteiger partial charge in [-0.2, -0.15) is 0 Å². The van der Waals surface area contributed by atoms with Crippen LogP contribution in [0.4, 0.5) is 4.39 Å². The number of ether oxygens (including phenoxy) is 1. The van der Waals surface area contributed by atoms with Crippen molar-refractivity contribution in [3.8, 4) is 0 Å². The molecule has 15 heavy (non-hydrogen) atoms. The average molecular weight is 214 g/mol. The van der Waals surface area contributed by atoms with Gasteiger partial charge in [-0.1, -0.05) is 25.5 Å². The van der Waals surface area contributed by atoms with E-state index in [-0.39, 0.29) is 11.3 Å². The third kappa shape index (κ3) is 2.60. The molecule has 0 saturated carbocycles. The monoisotopic (exact) mass is 214 g/mol. The maximum Gasteiger partial charge on any atom is 0.103 e. The molecule has 0 heterocycles. The van der Waals surface area contributed by atoms with Crippen LogP contribution in [0.5, 0.6) is 0 Å². The lowest BCUT2D eigenvalue weighted by Gasteiger charge is -2.35. The summed E-state index contributed by atoms with van der Waals surface area (Å²) in [5.74, 6) is 0.0555. The highest BCUT2D eigenvalue weighted by molar-refractivity contribution is 5.17. The van der Waals surface area contributed by atoms with Gasteiger partial charge in [-0.25, -0.2) is 4.39 Å². The van der Waals surface area contributed by atoms with E-state index in [4.69, 9.17) is 4.74 Å². The molecule has 0 aromatic carbocycles. The quantitative estimate of drug-likeness (QED) is 0.633. The van der Waals surface area contributed by atoms with Crippen LogP contribution in [-0.2, 0) is 4.74 Å². The van der Waals surface area contributed by atoms with Gasteiger partial charge in [0.25, 0.3) is 0 Å². The van der Waals surface area contributed by atoms with Crippen molar-refractivity contribution >= 4 is 0 Å². The van der Waals surface area contributed by atoms with Crippen LogP contribution in [-0.4, -0.2) is 19.9 Å². The predicted molar refractivity (Wildman–Crippen MR) is 61.7 cm³/mol. The fourth-order valence-corrected chi connectivity index (χ4v) is 2.65. The molecule has 0 aromatic heterocycles. The summed E-state index contributed by atoms with van der Waals surface area (Å²) in [6, 6.07) is 0. The summed E-state index contributed by atoms with van der Waals surface area (Å²) in [4.78, 5) is 0. The second-order valence-corrected chi connectivity index (χ2v) is 4.87. The first-order valence-electron chi connectivity index (χ1n) is 5.87. The molecule has 0 amide bonds. The molecule has 2 heteroatoms. The summed E-state index contributed by atoms with van der Waals surface area (Å²) in [6.07, 6.45) is 4.24. The molecule has 1 rings (SSSR count). The molecule has 0 N–H and O–H groups in total. The normalized spacial score (nSPS) is 30.1. The van der Waals surface area contributed by atoms with Gasteiger partial charge in [0, 0.05) is 12.5 Å². The first-order valence-corrected chi connectivity index (χ1v) is 5.87. The van der Waals surface area contributed by atoms with Crippen LogP contribution in [0.3, 0.4) is 0 Å². The summed E-state index contributed by atoms with van der Waals surface area (Å²) in [7, 11) is 1.70. The Morgan fingerprint density at radius 2 is 2.27 bits per heavy atom. The molecule has 1 aliphatic carbocycles. The van der Waals surface area contributed by atoms with Gasteiger partial charge in [0.05, 0.1) is 6.61 Å². The molecule has 0 spiro atoms. The molecule has 1 aliphatic rings. The third-order valence-electron chi connectivity index (χ3n) is 3.77. The van der Waals surface area contributed by atoms with E-state index in [9.17, 15) is 4.39 Å². The number of rotatable bonds is 5. The van der Waals surface area contributed by atoms with Gasteiger partial charge in [-0.3, -0.25) is 0 Å². The minimum atomic E-state index is -0.720. The van der Waals surface area contributed by atoms with E-state index < -0.39 is 6.17 Å². The van der Waals surface area contributed by atoms with Gasteiger partial charge in [-0.05, 0) is 32.1 Å². The van der Waals surface area contributed by atoms with Crippen molar-refractivity contribution in [2.45, 2.75) is 46.2 Å². The van der Waals surface area contributed by atoms with E-state index >= 15 is 0 Å². The van der Waals surface area contributed by atoms with Gasteiger partial charge in [0.15, 0.2) is 0 Å². The Hall–Kier alpha value is -0.370. The minimum absolute atomic E-state index is 0.0555. The Morgan fingerprint density at radius 1 is 1.60 bits per heavy atom. The second-order valence-electron chi connectivity index (χ2n) is 4.87. The highest BCUT2D eigenvalue weighted by Gasteiger charge is 2.40. The third-order valence-corrected chi connectivity index (χ3v) is 3.77. The Balaban J connectivity index is 2.82. The summed E-state index contributed by atoms with van der Waals surface area (Å²) in [5.41, 5.74) is 1.32. The largest absolute Gasteiger partial charge is 0.384 e. The summed E-state index contributed by atoms with van der Waals surface area (Å²) < 4.78 is 19.1. The van der Waals surface area contributed by atoms with Crippen LogP contribution < -0.4 is 0 Å².